The Morgan fingerprint density at radius 1 is 0.920 bits per heavy atom. The van der Waals surface area contributed by atoms with Gasteiger partial charge in [-0.25, -0.2) is 0 Å². The lowest BCUT2D eigenvalue weighted by Gasteiger charge is -2.12. The van der Waals surface area contributed by atoms with Gasteiger partial charge in [0.2, 0.25) is 0 Å². The summed E-state index contributed by atoms with van der Waals surface area (Å²) in [6.07, 6.45) is 0.927. The van der Waals surface area contributed by atoms with Gasteiger partial charge in [-0.2, -0.15) is 0 Å². The number of hydrogen-bond acceptors (Lipinski definition) is 2. The van der Waals surface area contributed by atoms with E-state index in [1.807, 2.05) is 49.4 Å². The van der Waals surface area contributed by atoms with Crippen molar-refractivity contribution in [1.29, 1.82) is 0 Å². The molecule has 0 aliphatic carbocycles. The number of aliphatic imine (C=N–C) groups is 1. The van der Waals surface area contributed by atoms with Crippen molar-refractivity contribution < 1.29 is 4.79 Å². The van der Waals surface area contributed by atoms with Crippen molar-refractivity contribution in [3.05, 3.63) is 71.3 Å². The summed E-state index contributed by atoms with van der Waals surface area (Å²) in [7, 11) is 1.74. The molecule has 0 radical (unpaired) electrons. The Kier molecular flexibility index (Phi) is 7.50. The van der Waals surface area contributed by atoms with Crippen LogP contribution < -0.4 is 16.0 Å². The first-order valence-corrected chi connectivity index (χ1v) is 8.58. The van der Waals surface area contributed by atoms with Gasteiger partial charge >= 0.3 is 0 Å². The molecule has 5 heteroatoms. The Labute approximate surface area is 149 Å². The monoisotopic (exact) mass is 338 g/mol. The van der Waals surface area contributed by atoms with Crippen LogP contribution in [0.5, 0.6) is 0 Å². The Hall–Kier alpha value is -2.82. The summed E-state index contributed by atoms with van der Waals surface area (Å²) in [5.41, 5.74) is 2.91. The van der Waals surface area contributed by atoms with Crippen LogP contribution in [0.1, 0.15) is 34.8 Å². The van der Waals surface area contributed by atoms with Crippen molar-refractivity contribution in [3.63, 3.8) is 0 Å². The summed E-state index contributed by atoms with van der Waals surface area (Å²) in [6, 6.07) is 17.8. The second-order valence-corrected chi connectivity index (χ2v) is 5.72. The normalized spacial score (nSPS) is 11.0. The molecule has 0 aliphatic heterocycles. The van der Waals surface area contributed by atoms with E-state index in [9.17, 15) is 4.79 Å². The highest BCUT2D eigenvalue weighted by Crippen LogP contribution is 2.05. The lowest BCUT2D eigenvalue weighted by Crippen LogP contribution is -2.36. The molecule has 25 heavy (non-hydrogen) atoms. The Balaban J connectivity index is 1.87. The molecular weight excluding hydrogens is 312 g/mol. The van der Waals surface area contributed by atoms with Crippen LogP contribution in [0.2, 0.25) is 0 Å². The van der Waals surface area contributed by atoms with Crippen LogP contribution in [-0.2, 0) is 13.1 Å². The molecule has 0 unspecified atom stereocenters. The third-order valence-electron chi connectivity index (χ3n) is 3.71. The fraction of sp³-hybridized carbons (Fsp3) is 0.300. The summed E-state index contributed by atoms with van der Waals surface area (Å²) < 4.78 is 0. The first-order chi connectivity index (χ1) is 12.2. The van der Waals surface area contributed by atoms with E-state index in [1.54, 1.807) is 7.05 Å². The zero-order chi connectivity index (χ0) is 17.9. The lowest BCUT2D eigenvalue weighted by molar-refractivity contribution is 0.0953. The van der Waals surface area contributed by atoms with Crippen molar-refractivity contribution in [2.75, 3.05) is 13.6 Å². The number of hydrogen-bond donors (Lipinski definition) is 3. The van der Waals surface area contributed by atoms with E-state index in [2.05, 4.69) is 33.1 Å². The molecular formula is C20H26N4O. The highest BCUT2D eigenvalue weighted by molar-refractivity contribution is 5.94. The molecule has 132 valence electrons. The number of carbonyl (C=O) groups excluding carboxylic acids is 1. The molecule has 2 aromatic rings. The Morgan fingerprint density at radius 2 is 1.60 bits per heavy atom. The van der Waals surface area contributed by atoms with Gasteiger partial charge in [0.15, 0.2) is 5.96 Å². The second-order valence-electron chi connectivity index (χ2n) is 5.72. The van der Waals surface area contributed by atoms with Crippen LogP contribution in [0.15, 0.2) is 59.6 Å². The topological polar surface area (TPSA) is 65.5 Å². The van der Waals surface area contributed by atoms with Gasteiger partial charge < -0.3 is 16.0 Å². The van der Waals surface area contributed by atoms with Gasteiger partial charge in [0.05, 0.1) is 0 Å². The maximum absolute atomic E-state index is 12.0. The maximum Gasteiger partial charge on any atom is 0.251 e. The minimum atomic E-state index is -0.0321. The number of rotatable bonds is 7. The Bertz CT molecular complexity index is 698. The zero-order valence-corrected chi connectivity index (χ0v) is 14.9. The van der Waals surface area contributed by atoms with Gasteiger partial charge in [-0.15, -0.1) is 0 Å². The van der Waals surface area contributed by atoms with Gasteiger partial charge in [0.25, 0.3) is 5.91 Å². The standard InChI is InChI=1S/C20H26N4O/c1-3-12-22-19(25)18-11-7-10-17(13-18)15-24-20(21-2)23-14-16-8-5-4-6-9-16/h4-11,13H,3,12,14-15H2,1-2H3,(H,22,25)(H2,21,23,24). The van der Waals surface area contributed by atoms with E-state index >= 15 is 0 Å². The van der Waals surface area contributed by atoms with Gasteiger partial charge in [-0.05, 0) is 29.7 Å². The molecule has 1 amide bonds. The number of amides is 1. The van der Waals surface area contributed by atoms with Crippen molar-refractivity contribution in [2.45, 2.75) is 26.4 Å². The molecule has 0 aromatic heterocycles. The highest BCUT2D eigenvalue weighted by atomic mass is 16.1. The average Bonchev–Trinajstić information content (AvgIpc) is 2.67. The summed E-state index contributed by atoms with van der Waals surface area (Å²) in [4.78, 5) is 16.3. The molecule has 0 heterocycles. The molecule has 3 N–H and O–H groups in total. The lowest BCUT2D eigenvalue weighted by atomic mass is 10.1. The van der Waals surface area contributed by atoms with Crippen molar-refractivity contribution in [2.24, 2.45) is 4.99 Å². The van der Waals surface area contributed by atoms with Gasteiger partial charge in [0.1, 0.15) is 0 Å². The smallest absolute Gasteiger partial charge is 0.251 e. The summed E-state index contributed by atoms with van der Waals surface area (Å²) in [5, 5.41) is 9.45. The van der Waals surface area contributed by atoms with Crippen LogP contribution in [0.25, 0.3) is 0 Å². The van der Waals surface area contributed by atoms with E-state index < -0.39 is 0 Å². The third kappa shape index (κ3) is 6.30. The van der Waals surface area contributed by atoms with E-state index in [-0.39, 0.29) is 5.91 Å². The highest BCUT2D eigenvalue weighted by Gasteiger charge is 2.05. The van der Waals surface area contributed by atoms with Crippen molar-refractivity contribution in [3.8, 4) is 0 Å². The van der Waals surface area contributed by atoms with Crippen LogP contribution in [-0.4, -0.2) is 25.5 Å². The molecule has 5 nitrogen and oxygen atoms in total. The molecule has 0 fully saturated rings. The van der Waals surface area contributed by atoms with Crippen LogP contribution in [0.3, 0.4) is 0 Å². The van der Waals surface area contributed by atoms with Crippen LogP contribution >= 0.6 is 0 Å². The molecule has 0 saturated carbocycles. The second kappa shape index (κ2) is 10.1. The van der Waals surface area contributed by atoms with E-state index in [0.717, 1.165) is 17.9 Å². The quantitative estimate of drug-likeness (QED) is 0.537. The molecule has 0 spiro atoms. The van der Waals surface area contributed by atoms with Gasteiger partial charge in [0, 0.05) is 32.2 Å². The SMILES string of the molecule is CCCNC(=O)c1cccc(CNC(=NC)NCc2ccccc2)c1. The fourth-order valence-corrected chi connectivity index (χ4v) is 2.35. The summed E-state index contributed by atoms with van der Waals surface area (Å²) >= 11 is 0. The predicted molar refractivity (Wildman–Crippen MR) is 103 cm³/mol. The van der Waals surface area contributed by atoms with Crippen molar-refractivity contribution >= 4 is 11.9 Å². The van der Waals surface area contributed by atoms with Crippen LogP contribution in [0.4, 0.5) is 0 Å². The zero-order valence-electron chi connectivity index (χ0n) is 14.9. The summed E-state index contributed by atoms with van der Waals surface area (Å²) in [6.45, 7) is 4.04. The predicted octanol–water partition coefficient (Wildman–Crippen LogP) is 2.69. The van der Waals surface area contributed by atoms with Crippen LogP contribution in [0, 0.1) is 0 Å². The molecule has 2 rings (SSSR count). The molecule has 0 saturated heterocycles. The number of nitrogens with zero attached hydrogens (tertiary/aromatic N) is 1. The number of guanidine groups is 1. The minimum Gasteiger partial charge on any atom is -0.352 e. The largest absolute Gasteiger partial charge is 0.352 e. The third-order valence-corrected chi connectivity index (χ3v) is 3.71. The minimum absolute atomic E-state index is 0.0321. The number of benzene rings is 2. The van der Waals surface area contributed by atoms with E-state index in [1.165, 1.54) is 5.56 Å². The van der Waals surface area contributed by atoms with Gasteiger partial charge in [-0.3, -0.25) is 9.79 Å². The molecule has 2 aromatic carbocycles. The molecule has 0 atom stereocenters. The molecule has 0 bridgehead atoms. The number of carbonyl (C=O) groups is 1. The Morgan fingerprint density at radius 3 is 2.28 bits per heavy atom. The van der Waals surface area contributed by atoms with E-state index in [0.29, 0.717) is 25.2 Å². The maximum atomic E-state index is 12.0. The first-order valence-electron chi connectivity index (χ1n) is 8.58. The molecule has 0 aliphatic rings. The fourth-order valence-electron chi connectivity index (χ4n) is 2.35. The van der Waals surface area contributed by atoms with Gasteiger partial charge in [-0.1, -0.05) is 49.4 Å². The average molecular weight is 338 g/mol. The summed E-state index contributed by atoms with van der Waals surface area (Å²) in [5.74, 6) is 0.694. The van der Waals surface area contributed by atoms with Crippen molar-refractivity contribution in [1.82, 2.24) is 16.0 Å². The number of nitrogens with one attached hydrogen (secondary N) is 3. The van der Waals surface area contributed by atoms with E-state index in [4.69, 9.17) is 0 Å². The first kappa shape index (κ1) is 18.5.